The van der Waals surface area contributed by atoms with Gasteiger partial charge in [0.05, 0.1) is 11.4 Å². The summed E-state index contributed by atoms with van der Waals surface area (Å²) in [7, 11) is 0. The third-order valence-electron chi connectivity index (χ3n) is 3.44. The molecule has 1 fully saturated rings. The van der Waals surface area contributed by atoms with E-state index in [1.165, 1.54) is 11.3 Å². The Morgan fingerprint density at radius 1 is 1.41 bits per heavy atom. The molecule has 1 aliphatic heterocycles. The molecule has 0 spiro atoms. The Kier molecular flexibility index (Phi) is 4.44. The number of halogens is 1. The highest BCUT2D eigenvalue weighted by atomic mass is 79.9. The number of aryl methyl sites for hydroxylation is 2. The number of aromatic nitrogens is 2. The van der Waals surface area contributed by atoms with Crippen molar-refractivity contribution in [3.63, 3.8) is 0 Å². The van der Waals surface area contributed by atoms with Gasteiger partial charge >= 0.3 is 0 Å². The smallest absolute Gasteiger partial charge is 0.264 e. The second kappa shape index (κ2) is 6.34. The number of nitrogens with zero attached hydrogens (tertiary/aromatic N) is 3. The molecule has 3 heterocycles. The molecular weight excluding hydrogens is 366 g/mol. The lowest BCUT2D eigenvalue weighted by molar-refractivity contribution is 0.0775. The standard InChI is InChI=1S/C15H16BrN3O2S/c1-9-5-14(18-10(2)17-9)21-12-3-4-19(7-12)15(20)13-6-11(16)8-22-13/h5-6,8,12H,3-4,7H2,1-2H3/t12-/m1/s1. The van der Waals surface area contributed by atoms with Crippen LogP contribution in [0.3, 0.4) is 0 Å². The van der Waals surface area contributed by atoms with Gasteiger partial charge < -0.3 is 9.64 Å². The Balaban J connectivity index is 1.63. The number of carbonyl (C=O) groups is 1. The van der Waals surface area contributed by atoms with Crippen LogP contribution in [-0.2, 0) is 0 Å². The van der Waals surface area contributed by atoms with E-state index in [-0.39, 0.29) is 12.0 Å². The number of hydrogen-bond acceptors (Lipinski definition) is 5. The summed E-state index contributed by atoms with van der Waals surface area (Å²) >= 11 is 4.83. The molecule has 2 aromatic heterocycles. The van der Waals surface area contributed by atoms with Crippen molar-refractivity contribution >= 4 is 33.2 Å². The van der Waals surface area contributed by atoms with Crippen molar-refractivity contribution in [2.45, 2.75) is 26.4 Å². The molecule has 0 N–H and O–H groups in total. The molecule has 1 aliphatic rings. The van der Waals surface area contributed by atoms with E-state index in [0.717, 1.165) is 21.5 Å². The highest BCUT2D eigenvalue weighted by molar-refractivity contribution is 9.10. The van der Waals surface area contributed by atoms with E-state index in [1.807, 2.05) is 36.3 Å². The topological polar surface area (TPSA) is 55.3 Å². The molecule has 1 saturated heterocycles. The number of amides is 1. The maximum atomic E-state index is 12.4. The lowest BCUT2D eigenvalue weighted by Crippen LogP contribution is -2.30. The van der Waals surface area contributed by atoms with Crippen molar-refractivity contribution in [3.8, 4) is 5.88 Å². The minimum Gasteiger partial charge on any atom is -0.472 e. The van der Waals surface area contributed by atoms with Gasteiger partial charge in [-0.25, -0.2) is 4.98 Å². The van der Waals surface area contributed by atoms with Crippen LogP contribution in [0, 0.1) is 13.8 Å². The molecule has 3 rings (SSSR count). The van der Waals surface area contributed by atoms with E-state index < -0.39 is 0 Å². The van der Waals surface area contributed by atoms with E-state index in [0.29, 0.717) is 24.8 Å². The van der Waals surface area contributed by atoms with Crippen molar-refractivity contribution in [2.24, 2.45) is 0 Å². The number of likely N-dealkylation sites (tertiary alicyclic amines) is 1. The van der Waals surface area contributed by atoms with E-state index >= 15 is 0 Å². The number of hydrogen-bond donors (Lipinski definition) is 0. The number of ether oxygens (including phenoxy) is 1. The number of carbonyl (C=O) groups excluding carboxylic acids is 1. The first-order chi connectivity index (χ1) is 10.5. The fraction of sp³-hybridized carbons (Fsp3) is 0.400. The fourth-order valence-corrected chi connectivity index (χ4v) is 3.90. The SMILES string of the molecule is Cc1cc(O[C@@H]2CCN(C(=O)c3cc(Br)cs3)C2)nc(C)n1. The normalized spacial score (nSPS) is 17.8. The van der Waals surface area contributed by atoms with Crippen LogP contribution in [0.15, 0.2) is 22.0 Å². The first kappa shape index (κ1) is 15.4. The van der Waals surface area contributed by atoms with Crippen LogP contribution < -0.4 is 4.74 Å². The van der Waals surface area contributed by atoms with Crippen LogP contribution in [0.2, 0.25) is 0 Å². The Bertz CT molecular complexity index is 684. The van der Waals surface area contributed by atoms with Gasteiger partial charge in [-0.05, 0) is 35.8 Å². The third-order valence-corrected chi connectivity index (χ3v) is 5.12. The summed E-state index contributed by atoms with van der Waals surface area (Å²) in [6, 6.07) is 3.69. The van der Waals surface area contributed by atoms with Gasteiger partial charge in [-0.15, -0.1) is 11.3 Å². The van der Waals surface area contributed by atoms with Crippen LogP contribution in [0.5, 0.6) is 5.88 Å². The highest BCUT2D eigenvalue weighted by Gasteiger charge is 2.29. The molecule has 1 amide bonds. The average molecular weight is 382 g/mol. The average Bonchev–Trinajstić information content (AvgIpc) is 3.06. The zero-order valence-corrected chi connectivity index (χ0v) is 14.8. The summed E-state index contributed by atoms with van der Waals surface area (Å²) in [6.07, 6.45) is 0.807. The Morgan fingerprint density at radius 3 is 2.91 bits per heavy atom. The summed E-state index contributed by atoms with van der Waals surface area (Å²) in [5.41, 5.74) is 0.886. The van der Waals surface area contributed by atoms with Crippen LogP contribution in [0.1, 0.15) is 27.6 Å². The Morgan fingerprint density at radius 2 is 2.23 bits per heavy atom. The van der Waals surface area contributed by atoms with Crippen LogP contribution in [0.25, 0.3) is 0 Å². The van der Waals surface area contributed by atoms with Crippen molar-refractivity contribution in [1.82, 2.24) is 14.9 Å². The van der Waals surface area contributed by atoms with E-state index in [1.54, 1.807) is 0 Å². The molecule has 2 aromatic rings. The molecule has 116 valence electrons. The fourth-order valence-electron chi connectivity index (χ4n) is 2.50. The first-order valence-electron chi connectivity index (χ1n) is 7.03. The molecule has 22 heavy (non-hydrogen) atoms. The van der Waals surface area contributed by atoms with E-state index in [4.69, 9.17) is 4.74 Å². The summed E-state index contributed by atoms with van der Waals surface area (Å²) < 4.78 is 6.85. The van der Waals surface area contributed by atoms with Crippen molar-refractivity contribution in [1.29, 1.82) is 0 Å². The molecule has 0 saturated carbocycles. The van der Waals surface area contributed by atoms with Crippen LogP contribution in [-0.4, -0.2) is 40.0 Å². The summed E-state index contributed by atoms with van der Waals surface area (Å²) in [5.74, 6) is 1.35. The zero-order chi connectivity index (χ0) is 15.7. The van der Waals surface area contributed by atoms with Crippen molar-refractivity contribution in [2.75, 3.05) is 13.1 Å². The minimum absolute atomic E-state index is 0.0129. The Labute approximate surface area is 141 Å². The summed E-state index contributed by atoms with van der Waals surface area (Å²) in [4.78, 5) is 23.5. The second-order valence-electron chi connectivity index (χ2n) is 5.30. The number of thiophene rings is 1. The van der Waals surface area contributed by atoms with E-state index in [9.17, 15) is 4.79 Å². The van der Waals surface area contributed by atoms with Gasteiger partial charge in [-0.1, -0.05) is 0 Å². The molecule has 5 nitrogen and oxygen atoms in total. The maximum absolute atomic E-state index is 12.4. The van der Waals surface area contributed by atoms with Gasteiger partial charge in [-0.2, -0.15) is 4.98 Å². The molecule has 0 unspecified atom stereocenters. The van der Waals surface area contributed by atoms with Crippen molar-refractivity contribution < 1.29 is 9.53 Å². The molecule has 0 aromatic carbocycles. The van der Waals surface area contributed by atoms with Gasteiger partial charge in [0.1, 0.15) is 11.9 Å². The minimum atomic E-state index is -0.0129. The largest absolute Gasteiger partial charge is 0.472 e. The molecule has 0 radical (unpaired) electrons. The summed E-state index contributed by atoms with van der Waals surface area (Å²) in [6.45, 7) is 5.07. The molecule has 7 heteroatoms. The van der Waals surface area contributed by atoms with E-state index in [2.05, 4.69) is 25.9 Å². The number of rotatable bonds is 3. The highest BCUT2D eigenvalue weighted by Crippen LogP contribution is 2.24. The van der Waals surface area contributed by atoms with Gasteiger partial charge in [-0.3, -0.25) is 4.79 Å². The van der Waals surface area contributed by atoms with Crippen LogP contribution >= 0.6 is 27.3 Å². The predicted molar refractivity (Wildman–Crippen MR) is 88.5 cm³/mol. The van der Waals surface area contributed by atoms with Gasteiger partial charge in [0.25, 0.3) is 5.91 Å². The zero-order valence-electron chi connectivity index (χ0n) is 12.4. The quantitative estimate of drug-likeness (QED) is 0.818. The lowest BCUT2D eigenvalue weighted by atomic mass is 10.3. The molecule has 1 atom stereocenters. The third kappa shape index (κ3) is 3.47. The lowest BCUT2D eigenvalue weighted by Gasteiger charge is -2.16. The van der Waals surface area contributed by atoms with Gasteiger partial charge in [0.2, 0.25) is 5.88 Å². The maximum Gasteiger partial charge on any atom is 0.264 e. The van der Waals surface area contributed by atoms with Crippen LogP contribution in [0.4, 0.5) is 0 Å². The second-order valence-corrected chi connectivity index (χ2v) is 7.13. The molecule has 0 aliphatic carbocycles. The van der Waals surface area contributed by atoms with Gasteiger partial charge in [0.15, 0.2) is 0 Å². The molecular formula is C15H16BrN3O2S. The monoisotopic (exact) mass is 381 g/mol. The molecule has 0 bridgehead atoms. The summed E-state index contributed by atoms with van der Waals surface area (Å²) in [5, 5.41) is 1.92. The first-order valence-corrected chi connectivity index (χ1v) is 8.71. The van der Waals surface area contributed by atoms with Crippen molar-refractivity contribution in [3.05, 3.63) is 38.4 Å². The Hall–Kier alpha value is -1.47. The predicted octanol–water partition coefficient (Wildman–Crippen LogP) is 3.21. The van der Waals surface area contributed by atoms with Gasteiger partial charge in [0, 0.05) is 34.6 Å².